The van der Waals surface area contributed by atoms with E-state index in [1.54, 1.807) is 38.1 Å². The highest BCUT2D eigenvalue weighted by atomic mass is 16.7. The van der Waals surface area contributed by atoms with Crippen LogP contribution in [0.2, 0.25) is 0 Å². The second-order valence-electron chi connectivity index (χ2n) is 14.0. The third-order valence-corrected chi connectivity index (χ3v) is 9.42. The van der Waals surface area contributed by atoms with Crippen LogP contribution in [0.25, 0.3) is 11.1 Å². The van der Waals surface area contributed by atoms with Gasteiger partial charge in [-0.3, -0.25) is 29.3 Å². The Morgan fingerprint density at radius 2 is 1.36 bits per heavy atom. The van der Waals surface area contributed by atoms with Gasteiger partial charge in [0, 0.05) is 30.2 Å². The van der Waals surface area contributed by atoms with Gasteiger partial charge in [-0.05, 0) is 71.3 Å². The number of carbonyl (C=O) groups is 6. The van der Waals surface area contributed by atoms with Crippen molar-refractivity contribution in [3.8, 4) is 16.9 Å². The number of non-ortho nitro benzene ring substituents is 1. The van der Waals surface area contributed by atoms with Crippen molar-refractivity contribution < 1.29 is 53.0 Å². The van der Waals surface area contributed by atoms with Crippen LogP contribution in [0.3, 0.4) is 0 Å². The van der Waals surface area contributed by atoms with E-state index >= 15 is 0 Å². The number of rotatable bonds is 17. The number of hydrogen-bond acceptors (Lipinski definition) is 11. The Labute approximate surface area is 338 Å². The van der Waals surface area contributed by atoms with Gasteiger partial charge in [0.05, 0.1) is 4.92 Å². The lowest BCUT2D eigenvalue weighted by Gasteiger charge is -2.26. The Balaban J connectivity index is 1.11. The number of nitrogens with zero attached hydrogens (tertiary/aromatic N) is 1. The van der Waals surface area contributed by atoms with Crippen LogP contribution in [-0.2, 0) is 35.3 Å². The summed E-state index contributed by atoms with van der Waals surface area (Å²) in [5, 5.41) is 30.4. The van der Waals surface area contributed by atoms with E-state index in [1.165, 1.54) is 31.2 Å². The van der Waals surface area contributed by atoms with Gasteiger partial charge in [-0.2, -0.15) is 0 Å². The van der Waals surface area contributed by atoms with Gasteiger partial charge in [-0.15, -0.1) is 0 Å². The molecule has 0 heterocycles. The first-order valence-electron chi connectivity index (χ1n) is 18.6. The molecule has 4 amide bonds. The van der Waals surface area contributed by atoms with Gasteiger partial charge in [0.15, 0.2) is 0 Å². The predicted molar refractivity (Wildman–Crippen MR) is 212 cm³/mol. The van der Waals surface area contributed by atoms with Crippen molar-refractivity contribution >= 4 is 47.3 Å². The molecule has 0 saturated heterocycles. The number of ether oxygens (including phenoxy) is 3. The molecule has 5 rings (SSSR count). The number of amides is 4. The third-order valence-electron chi connectivity index (χ3n) is 9.42. The summed E-state index contributed by atoms with van der Waals surface area (Å²) in [4.78, 5) is 86.6. The van der Waals surface area contributed by atoms with Crippen LogP contribution >= 0.6 is 0 Å². The largest absolute Gasteiger partial charge is 0.514 e. The van der Waals surface area contributed by atoms with Crippen molar-refractivity contribution in [2.45, 2.75) is 64.3 Å². The average Bonchev–Trinajstić information content (AvgIpc) is 3.53. The summed E-state index contributed by atoms with van der Waals surface area (Å²) in [6.07, 6.45) is -2.70. The van der Waals surface area contributed by atoms with Crippen molar-refractivity contribution in [1.29, 1.82) is 0 Å². The normalized spacial score (nSPS) is 13.1. The average molecular weight is 810 g/mol. The molecule has 308 valence electrons. The molecule has 0 saturated carbocycles. The highest BCUT2D eigenvalue weighted by molar-refractivity contribution is 5.98. The smallest absolute Gasteiger partial charge is 0.481 e. The Morgan fingerprint density at radius 3 is 1.93 bits per heavy atom. The zero-order chi connectivity index (χ0) is 42.6. The number of hydrogen-bond donors (Lipinski definition) is 5. The highest BCUT2D eigenvalue weighted by Crippen LogP contribution is 2.44. The van der Waals surface area contributed by atoms with Crippen LogP contribution in [0.5, 0.6) is 5.75 Å². The second kappa shape index (κ2) is 19.7. The van der Waals surface area contributed by atoms with E-state index in [0.29, 0.717) is 11.3 Å². The van der Waals surface area contributed by atoms with E-state index in [9.17, 15) is 44.0 Å². The van der Waals surface area contributed by atoms with E-state index in [0.717, 1.165) is 22.3 Å². The molecule has 17 nitrogen and oxygen atoms in total. The molecule has 59 heavy (non-hydrogen) atoms. The van der Waals surface area contributed by atoms with Crippen LogP contribution in [0, 0.1) is 16.0 Å². The molecule has 4 aromatic carbocycles. The SMILES string of the molecule is CC(C)[C@H](NC(=O)[C@H](CCC(=O)O)NC(=O)OCC1c2ccccc2-c2ccccc21)C(=O)N[C@@H](C)C(=O)Nc1ccc(COC(=O)Oc2ccc([N+](=O)[O-])cc2)cc1. The first-order valence-corrected chi connectivity index (χ1v) is 18.6. The van der Waals surface area contributed by atoms with Crippen LogP contribution in [0.1, 0.15) is 56.2 Å². The quantitative estimate of drug-likeness (QED) is 0.0375. The minimum absolute atomic E-state index is 0.0348. The molecule has 17 heteroatoms. The van der Waals surface area contributed by atoms with Crippen LogP contribution < -0.4 is 26.0 Å². The Morgan fingerprint density at radius 1 is 0.746 bits per heavy atom. The summed E-state index contributed by atoms with van der Waals surface area (Å²) in [5.41, 5.74) is 4.79. The maximum Gasteiger partial charge on any atom is 0.514 e. The maximum absolute atomic E-state index is 13.5. The number of carboxylic acid groups (broad SMARTS) is 1. The van der Waals surface area contributed by atoms with E-state index in [2.05, 4.69) is 21.3 Å². The third kappa shape index (κ3) is 11.6. The number of anilines is 1. The Hall–Kier alpha value is -7.30. The van der Waals surface area contributed by atoms with E-state index in [1.807, 2.05) is 48.5 Å². The van der Waals surface area contributed by atoms with Gasteiger partial charge in [-0.25, -0.2) is 9.59 Å². The summed E-state index contributed by atoms with van der Waals surface area (Å²) < 4.78 is 15.7. The molecule has 0 radical (unpaired) electrons. The molecule has 0 bridgehead atoms. The molecule has 4 aromatic rings. The zero-order valence-electron chi connectivity index (χ0n) is 32.3. The van der Waals surface area contributed by atoms with Gasteiger partial charge in [-0.1, -0.05) is 74.5 Å². The topological polar surface area (TPSA) is 242 Å². The van der Waals surface area contributed by atoms with Gasteiger partial charge in [0.1, 0.15) is 37.1 Å². The number of nitro groups is 1. The van der Waals surface area contributed by atoms with Crippen LogP contribution in [0.15, 0.2) is 97.1 Å². The first kappa shape index (κ1) is 42.8. The van der Waals surface area contributed by atoms with Gasteiger partial charge in [0.25, 0.3) is 5.69 Å². The van der Waals surface area contributed by atoms with E-state index in [-0.39, 0.29) is 37.0 Å². The molecule has 0 aliphatic heterocycles. The molecular weight excluding hydrogens is 766 g/mol. The number of nitrogens with one attached hydrogen (secondary N) is 4. The zero-order valence-corrected chi connectivity index (χ0v) is 32.3. The second-order valence-corrected chi connectivity index (χ2v) is 14.0. The molecular formula is C42H43N5O12. The molecule has 3 atom stereocenters. The molecule has 0 spiro atoms. The van der Waals surface area contributed by atoms with Gasteiger partial charge >= 0.3 is 18.2 Å². The standard InChI is InChI=1S/C42H43N5O12/c1-24(2)37(40(52)43-25(3)38(50)44-27-14-12-26(13-15-27)22-58-42(54)59-29-18-16-28(17-19-29)47(55)56)46-39(51)35(20-21-36(48)49)45-41(53)57-23-34-32-10-6-4-8-30(32)31-9-5-7-11-33(31)34/h4-19,24-25,34-35,37H,20-23H2,1-3H3,(H,43,52)(H,44,50)(H,45,53)(H,46,51)(H,48,49)/t25-,35-,37-/m0/s1. The number of aliphatic carboxylic acids is 1. The fraction of sp³-hybridized carbons (Fsp3) is 0.286. The lowest BCUT2D eigenvalue weighted by atomic mass is 9.98. The summed E-state index contributed by atoms with van der Waals surface area (Å²) in [6.45, 7) is 4.57. The molecule has 0 unspecified atom stereocenters. The first-order chi connectivity index (χ1) is 28.2. The Bertz CT molecular complexity index is 2150. The fourth-order valence-corrected chi connectivity index (χ4v) is 6.32. The van der Waals surface area contributed by atoms with E-state index in [4.69, 9.17) is 14.2 Å². The van der Waals surface area contributed by atoms with Crippen molar-refractivity contribution in [1.82, 2.24) is 16.0 Å². The number of carbonyl (C=O) groups excluding carboxylic acids is 5. The fourth-order valence-electron chi connectivity index (χ4n) is 6.32. The van der Waals surface area contributed by atoms with Gasteiger partial charge in [0.2, 0.25) is 17.7 Å². The number of nitro benzene ring substituents is 1. The summed E-state index contributed by atoms with van der Waals surface area (Å²) in [5.74, 6) is -3.95. The summed E-state index contributed by atoms with van der Waals surface area (Å²) in [7, 11) is 0. The lowest BCUT2D eigenvalue weighted by molar-refractivity contribution is -0.384. The molecule has 0 aromatic heterocycles. The molecule has 1 aliphatic rings. The minimum Gasteiger partial charge on any atom is -0.481 e. The maximum atomic E-state index is 13.5. The van der Waals surface area contributed by atoms with Crippen LogP contribution in [0.4, 0.5) is 21.0 Å². The number of carboxylic acids is 1. The van der Waals surface area contributed by atoms with E-state index < -0.39 is 71.3 Å². The van der Waals surface area contributed by atoms with Crippen LogP contribution in [-0.4, -0.2) is 70.7 Å². The number of benzene rings is 4. The highest BCUT2D eigenvalue weighted by Gasteiger charge is 2.32. The number of fused-ring (bicyclic) bond motifs is 3. The summed E-state index contributed by atoms with van der Waals surface area (Å²) in [6, 6.07) is 23.1. The Kier molecular flexibility index (Phi) is 14.3. The van der Waals surface area contributed by atoms with Gasteiger partial charge < -0.3 is 40.6 Å². The van der Waals surface area contributed by atoms with Crippen molar-refractivity contribution in [3.63, 3.8) is 0 Å². The molecule has 1 aliphatic carbocycles. The van der Waals surface area contributed by atoms with Crippen molar-refractivity contribution in [2.24, 2.45) is 5.92 Å². The summed E-state index contributed by atoms with van der Waals surface area (Å²) >= 11 is 0. The number of alkyl carbamates (subject to hydrolysis) is 1. The van der Waals surface area contributed by atoms with Crippen molar-refractivity contribution in [3.05, 3.63) is 124 Å². The monoisotopic (exact) mass is 809 g/mol. The van der Waals surface area contributed by atoms with Crippen molar-refractivity contribution in [2.75, 3.05) is 11.9 Å². The molecule has 0 fully saturated rings. The lowest BCUT2D eigenvalue weighted by Crippen LogP contribution is -2.57. The molecule has 5 N–H and O–H groups in total. The minimum atomic E-state index is -1.36. The predicted octanol–water partition coefficient (Wildman–Crippen LogP) is 5.67.